The molecule has 3 fully saturated rings. The molecule has 0 N–H and O–H groups in total. The number of aromatic nitrogens is 3. The summed E-state index contributed by atoms with van der Waals surface area (Å²) in [5, 5.41) is 0. The minimum atomic E-state index is -4.48. The predicted molar refractivity (Wildman–Crippen MR) is 118 cm³/mol. The van der Waals surface area contributed by atoms with Gasteiger partial charge >= 0.3 is 6.18 Å². The van der Waals surface area contributed by atoms with Crippen LogP contribution in [-0.2, 0) is 6.18 Å². The summed E-state index contributed by atoms with van der Waals surface area (Å²) < 4.78 is 59.0. The van der Waals surface area contributed by atoms with E-state index >= 15 is 0 Å². The molecule has 2 bridgehead atoms. The largest absolute Gasteiger partial charge is 0.472 e. The van der Waals surface area contributed by atoms with Crippen molar-refractivity contribution in [3.63, 3.8) is 0 Å². The van der Waals surface area contributed by atoms with Crippen molar-refractivity contribution in [3.05, 3.63) is 71.6 Å². The number of fused-ring (bicyclic) bond motifs is 3. The molecule has 0 radical (unpaired) electrons. The molecular formula is C25H22F4N4O2. The number of aryl methyl sites for hydroxylation is 1. The number of hydrogen-bond acceptors (Lipinski definition) is 5. The lowest BCUT2D eigenvalue weighted by Crippen LogP contribution is -2.59. The van der Waals surface area contributed by atoms with Crippen LogP contribution >= 0.6 is 0 Å². The van der Waals surface area contributed by atoms with Gasteiger partial charge in [-0.2, -0.15) is 13.2 Å². The van der Waals surface area contributed by atoms with E-state index in [-0.39, 0.29) is 35.1 Å². The smallest absolute Gasteiger partial charge is 0.417 e. The van der Waals surface area contributed by atoms with E-state index in [4.69, 9.17) is 4.74 Å². The first-order chi connectivity index (χ1) is 16.7. The summed E-state index contributed by atoms with van der Waals surface area (Å²) in [5.41, 5.74) is 0.222. The van der Waals surface area contributed by atoms with E-state index in [1.54, 1.807) is 24.0 Å². The average Bonchev–Trinajstić information content (AvgIpc) is 2.84. The standard InChI is InChI=1S/C25H22F4N4O2/c1-14-4-7-17(22-18(26)3-2-10-30-22)23(32-14)24(34)33-13-15-5-8-19(33)20(11-15)35-21-9-6-16(12-31-21)25(27,28)29/h2-4,6-7,9-10,12,15,19-20H,5,8,11,13H2,1H3/t15-,19-,20+/m0/s1. The number of amides is 1. The summed E-state index contributed by atoms with van der Waals surface area (Å²) in [6.07, 6.45) is -0.446. The Balaban J connectivity index is 1.42. The molecule has 2 saturated heterocycles. The Bertz CT molecular complexity index is 1250. The molecule has 35 heavy (non-hydrogen) atoms. The third-order valence-corrected chi connectivity index (χ3v) is 6.57. The Morgan fingerprint density at radius 3 is 2.63 bits per heavy atom. The molecule has 6 rings (SSSR count). The van der Waals surface area contributed by atoms with E-state index in [1.807, 2.05) is 0 Å². The van der Waals surface area contributed by atoms with Gasteiger partial charge in [-0.15, -0.1) is 0 Å². The summed E-state index contributed by atoms with van der Waals surface area (Å²) in [6.45, 7) is 2.25. The molecule has 3 aromatic rings. The summed E-state index contributed by atoms with van der Waals surface area (Å²) in [4.78, 5) is 27.8. The molecule has 1 amide bonds. The van der Waals surface area contributed by atoms with Gasteiger partial charge in [0.05, 0.1) is 11.6 Å². The summed E-state index contributed by atoms with van der Waals surface area (Å²) >= 11 is 0. The maximum Gasteiger partial charge on any atom is 0.417 e. The van der Waals surface area contributed by atoms with Gasteiger partial charge in [0.2, 0.25) is 5.88 Å². The number of carbonyl (C=O) groups excluding carboxylic acids is 1. The van der Waals surface area contributed by atoms with Gasteiger partial charge in [0.15, 0.2) is 0 Å². The fraction of sp³-hybridized carbons (Fsp3) is 0.360. The Hall–Kier alpha value is -3.56. The molecule has 3 atom stereocenters. The van der Waals surface area contributed by atoms with Crippen LogP contribution in [0.2, 0.25) is 0 Å². The van der Waals surface area contributed by atoms with Crippen LogP contribution in [0.3, 0.4) is 0 Å². The van der Waals surface area contributed by atoms with Crippen molar-refractivity contribution in [3.8, 4) is 17.1 Å². The molecule has 3 aromatic heterocycles. The van der Waals surface area contributed by atoms with Crippen molar-refractivity contribution in [1.29, 1.82) is 0 Å². The van der Waals surface area contributed by atoms with Crippen LogP contribution in [-0.4, -0.2) is 44.4 Å². The zero-order chi connectivity index (χ0) is 24.7. The van der Waals surface area contributed by atoms with Gasteiger partial charge in [-0.05, 0) is 62.4 Å². The molecular weight excluding hydrogens is 464 g/mol. The van der Waals surface area contributed by atoms with E-state index in [1.165, 1.54) is 24.4 Å². The lowest BCUT2D eigenvalue weighted by atomic mass is 9.77. The highest BCUT2D eigenvalue weighted by Crippen LogP contribution is 2.39. The molecule has 1 saturated carbocycles. The van der Waals surface area contributed by atoms with Crippen molar-refractivity contribution < 1.29 is 27.1 Å². The fourth-order valence-electron chi connectivity index (χ4n) is 4.90. The molecule has 2 aliphatic heterocycles. The lowest BCUT2D eigenvalue weighted by Gasteiger charge is -2.49. The van der Waals surface area contributed by atoms with Gasteiger partial charge in [0.25, 0.3) is 5.91 Å². The minimum absolute atomic E-state index is 0.0484. The number of rotatable bonds is 4. The van der Waals surface area contributed by atoms with E-state index in [2.05, 4.69) is 15.0 Å². The van der Waals surface area contributed by atoms with Crippen molar-refractivity contribution in [2.75, 3.05) is 6.54 Å². The van der Waals surface area contributed by atoms with Crippen LogP contribution in [0.15, 0.2) is 48.8 Å². The first kappa shape index (κ1) is 23.2. The Morgan fingerprint density at radius 1 is 1.11 bits per heavy atom. The molecule has 5 heterocycles. The van der Waals surface area contributed by atoms with Crippen LogP contribution in [0, 0.1) is 18.7 Å². The van der Waals surface area contributed by atoms with Gasteiger partial charge in [-0.1, -0.05) is 0 Å². The number of pyridine rings is 3. The van der Waals surface area contributed by atoms with E-state index in [0.717, 1.165) is 18.7 Å². The predicted octanol–water partition coefficient (Wildman–Crippen LogP) is 5.08. The minimum Gasteiger partial charge on any atom is -0.472 e. The van der Waals surface area contributed by atoms with Crippen molar-refractivity contribution in [1.82, 2.24) is 19.9 Å². The third-order valence-electron chi connectivity index (χ3n) is 6.57. The molecule has 1 aliphatic carbocycles. The number of ether oxygens (including phenoxy) is 1. The maximum atomic E-state index is 14.5. The Labute approximate surface area is 199 Å². The lowest BCUT2D eigenvalue weighted by molar-refractivity contribution is -0.137. The number of nitrogens with zero attached hydrogens (tertiary/aromatic N) is 4. The number of carbonyl (C=O) groups is 1. The highest BCUT2D eigenvalue weighted by molar-refractivity contribution is 5.99. The van der Waals surface area contributed by atoms with Gasteiger partial charge < -0.3 is 9.64 Å². The van der Waals surface area contributed by atoms with Gasteiger partial charge in [0.1, 0.15) is 23.3 Å². The van der Waals surface area contributed by atoms with Crippen LogP contribution in [0.5, 0.6) is 5.88 Å². The SMILES string of the molecule is Cc1ccc(-c2ncccc2F)c(C(=O)N2C[C@H]3CC[C@H]2[C@H](Oc2ccc(C(F)(F)F)cn2)C3)n1. The van der Waals surface area contributed by atoms with E-state index in [0.29, 0.717) is 30.6 Å². The average molecular weight is 486 g/mol. The van der Waals surface area contributed by atoms with Crippen LogP contribution < -0.4 is 4.74 Å². The molecule has 0 spiro atoms. The number of piperidine rings is 2. The number of hydrogen-bond donors (Lipinski definition) is 0. The Morgan fingerprint density at radius 2 is 1.94 bits per heavy atom. The maximum absolute atomic E-state index is 14.5. The second kappa shape index (κ2) is 8.90. The Kier molecular flexibility index (Phi) is 5.90. The van der Waals surface area contributed by atoms with Crippen LogP contribution in [0.1, 0.15) is 41.0 Å². The molecule has 3 aliphatic rings. The molecule has 10 heteroatoms. The fourth-order valence-corrected chi connectivity index (χ4v) is 4.90. The van der Waals surface area contributed by atoms with Gasteiger partial charge in [-0.3, -0.25) is 9.78 Å². The van der Waals surface area contributed by atoms with Crippen LogP contribution in [0.4, 0.5) is 17.6 Å². The molecule has 0 unspecified atom stereocenters. The number of halogens is 4. The number of alkyl halides is 3. The zero-order valence-electron chi connectivity index (χ0n) is 18.8. The summed E-state index contributed by atoms with van der Waals surface area (Å²) in [5.74, 6) is -0.657. The van der Waals surface area contributed by atoms with Crippen molar-refractivity contribution in [2.24, 2.45) is 5.92 Å². The highest BCUT2D eigenvalue weighted by atomic mass is 19.4. The first-order valence-corrected chi connectivity index (χ1v) is 11.3. The summed E-state index contributed by atoms with van der Waals surface area (Å²) in [7, 11) is 0. The van der Waals surface area contributed by atoms with Crippen molar-refractivity contribution in [2.45, 2.75) is 44.5 Å². The van der Waals surface area contributed by atoms with Gasteiger partial charge in [0, 0.05) is 36.3 Å². The second-order valence-corrected chi connectivity index (χ2v) is 8.93. The first-order valence-electron chi connectivity index (χ1n) is 11.3. The van der Waals surface area contributed by atoms with Crippen LogP contribution in [0.25, 0.3) is 11.3 Å². The normalized spacial score (nSPS) is 21.7. The zero-order valence-corrected chi connectivity index (χ0v) is 18.8. The quantitative estimate of drug-likeness (QED) is 0.482. The molecule has 6 nitrogen and oxygen atoms in total. The molecule has 0 aromatic carbocycles. The van der Waals surface area contributed by atoms with E-state index in [9.17, 15) is 22.4 Å². The monoisotopic (exact) mass is 486 g/mol. The highest BCUT2D eigenvalue weighted by Gasteiger charge is 2.45. The van der Waals surface area contributed by atoms with Gasteiger partial charge in [-0.25, -0.2) is 14.4 Å². The summed E-state index contributed by atoms with van der Waals surface area (Å²) in [6, 6.07) is 7.91. The van der Waals surface area contributed by atoms with Crippen molar-refractivity contribution >= 4 is 5.91 Å². The second-order valence-electron chi connectivity index (χ2n) is 8.93. The topological polar surface area (TPSA) is 68.2 Å². The third kappa shape index (κ3) is 4.56. The molecule has 182 valence electrons. The van der Waals surface area contributed by atoms with E-state index < -0.39 is 23.7 Å².